The molecule has 3 rings (SSSR count). The highest BCUT2D eigenvalue weighted by atomic mass is 35.5. The van der Waals surface area contributed by atoms with Gasteiger partial charge < -0.3 is 15.8 Å². The zero-order valence-electron chi connectivity index (χ0n) is 17.5. The number of amides is 1. The van der Waals surface area contributed by atoms with Crippen molar-refractivity contribution in [2.24, 2.45) is 5.92 Å². The van der Waals surface area contributed by atoms with Crippen LogP contribution in [0.1, 0.15) is 30.4 Å². The summed E-state index contributed by atoms with van der Waals surface area (Å²) in [5, 5.41) is 3.11. The van der Waals surface area contributed by atoms with Gasteiger partial charge >= 0.3 is 0 Å². The van der Waals surface area contributed by atoms with Crippen LogP contribution in [0, 0.1) is 5.92 Å². The smallest absolute Gasteiger partial charge is 0.220 e. The second-order valence-electron chi connectivity index (χ2n) is 7.57. The van der Waals surface area contributed by atoms with Crippen molar-refractivity contribution in [1.82, 2.24) is 10.2 Å². The number of nitrogens with zero attached hydrogens (tertiary/aromatic N) is 1. The summed E-state index contributed by atoms with van der Waals surface area (Å²) in [6.45, 7) is 3.90. The lowest BCUT2D eigenvalue weighted by molar-refractivity contribution is -0.121. The molecule has 2 aromatic rings. The molecule has 1 saturated heterocycles. The summed E-state index contributed by atoms with van der Waals surface area (Å²) < 4.78 is 5.21. The van der Waals surface area contributed by atoms with E-state index in [1.807, 2.05) is 36.4 Å². The number of rotatable bonds is 8. The number of carbonyl (C=O) groups excluding carboxylic acids is 1. The van der Waals surface area contributed by atoms with Crippen molar-refractivity contribution in [2.45, 2.75) is 32.2 Å². The topological polar surface area (TPSA) is 67.6 Å². The fourth-order valence-electron chi connectivity index (χ4n) is 3.69. The van der Waals surface area contributed by atoms with Gasteiger partial charge in [0.2, 0.25) is 5.91 Å². The highest BCUT2D eigenvalue weighted by Crippen LogP contribution is 2.20. The average molecular weight is 454 g/mol. The molecule has 30 heavy (non-hydrogen) atoms. The van der Waals surface area contributed by atoms with E-state index in [1.165, 1.54) is 5.56 Å². The first-order valence-corrected chi connectivity index (χ1v) is 10.1. The SMILES string of the molecule is COc1ccc(CN2CCC(CNC(=O)CCc3ccccc3N)CC2)cc1.Cl.Cl. The first-order chi connectivity index (χ1) is 13.6. The van der Waals surface area contributed by atoms with E-state index in [9.17, 15) is 4.79 Å². The van der Waals surface area contributed by atoms with Crippen LogP contribution in [0.15, 0.2) is 48.5 Å². The number of halogens is 2. The van der Waals surface area contributed by atoms with E-state index in [0.717, 1.165) is 56.0 Å². The molecule has 1 aliphatic rings. The number of hydrogen-bond donors (Lipinski definition) is 2. The number of likely N-dealkylation sites (tertiary alicyclic amines) is 1. The minimum absolute atomic E-state index is 0. The van der Waals surface area contributed by atoms with E-state index in [1.54, 1.807) is 7.11 Å². The number of nitrogens with one attached hydrogen (secondary N) is 1. The highest BCUT2D eigenvalue weighted by molar-refractivity contribution is 5.85. The summed E-state index contributed by atoms with van der Waals surface area (Å²) in [6, 6.07) is 16.0. The standard InChI is InChI=1S/C23H31N3O2.2ClH/c1-28-21-9-6-19(7-10-21)17-26-14-12-18(13-15-26)16-25-23(27)11-8-20-4-2-3-5-22(20)24;;/h2-7,9-10,18H,8,11-17,24H2,1H3,(H,25,27);2*1H. The number of piperidine rings is 1. The lowest BCUT2D eigenvalue weighted by Crippen LogP contribution is -2.38. The van der Waals surface area contributed by atoms with Gasteiger partial charge in [0.05, 0.1) is 7.11 Å². The van der Waals surface area contributed by atoms with Crippen LogP contribution < -0.4 is 15.8 Å². The summed E-state index contributed by atoms with van der Waals surface area (Å²) >= 11 is 0. The predicted octanol–water partition coefficient (Wildman–Crippen LogP) is 4.08. The maximum atomic E-state index is 12.2. The van der Waals surface area contributed by atoms with Crippen LogP contribution in [0.3, 0.4) is 0 Å². The molecule has 0 radical (unpaired) electrons. The third-order valence-corrected chi connectivity index (χ3v) is 5.54. The quantitative estimate of drug-likeness (QED) is 0.590. The van der Waals surface area contributed by atoms with E-state index in [-0.39, 0.29) is 30.7 Å². The molecule has 0 bridgehead atoms. The molecule has 0 aliphatic carbocycles. The maximum Gasteiger partial charge on any atom is 0.220 e. The molecular weight excluding hydrogens is 421 g/mol. The van der Waals surface area contributed by atoms with Crippen molar-refractivity contribution >= 4 is 36.4 Å². The summed E-state index contributed by atoms with van der Waals surface area (Å²) in [5.74, 6) is 1.58. The molecule has 5 nitrogen and oxygen atoms in total. The molecule has 0 saturated carbocycles. The van der Waals surface area contributed by atoms with Gasteiger partial charge in [0.15, 0.2) is 0 Å². The second-order valence-corrected chi connectivity index (χ2v) is 7.57. The first kappa shape index (κ1) is 26.1. The molecule has 2 aromatic carbocycles. The molecule has 0 unspecified atom stereocenters. The van der Waals surface area contributed by atoms with E-state index in [4.69, 9.17) is 10.5 Å². The van der Waals surface area contributed by atoms with Crippen molar-refractivity contribution in [3.05, 3.63) is 59.7 Å². The number of aryl methyl sites for hydroxylation is 1. The number of anilines is 1. The third-order valence-electron chi connectivity index (χ3n) is 5.54. The number of nitrogens with two attached hydrogens (primary N) is 1. The number of benzene rings is 2. The van der Waals surface area contributed by atoms with Crippen LogP contribution in [-0.2, 0) is 17.8 Å². The molecule has 0 aromatic heterocycles. The largest absolute Gasteiger partial charge is 0.497 e. The van der Waals surface area contributed by atoms with Crippen molar-refractivity contribution < 1.29 is 9.53 Å². The second kappa shape index (κ2) is 13.4. The van der Waals surface area contributed by atoms with Crippen LogP contribution in [-0.4, -0.2) is 37.6 Å². The Bertz CT molecular complexity index is 763. The number of methoxy groups -OCH3 is 1. The molecule has 0 spiro atoms. The Morgan fingerprint density at radius 3 is 2.40 bits per heavy atom. The Kier molecular flexibility index (Phi) is 11.6. The Morgan fingerprint density at radius 1 is 1.10 bits per heavy atom. The van der Waals surface area contributed by atoms with E-state index < -0.39 is 0 Å². The van der Waals surface area contributed by atoms with Crippen molar-refractivity contribution in [2.75, 3.05) is 32.5 Å². The minimum Gasteiger partial charge on any atom is -0.497 e. The number of carbonyl (C=O) groups is 1. The predicted molar refractivity (Wildman–Crippen MR) is 128 cm³/mol. The van der Waals surface area contributed by atoms with Gasteiger partial charge in [-0.3, -0.25) is 9.69 Å². The van der Waals surface area contributed by atoms with Crippen LogP contribution in [0.2, 0.25) is 0 Å². The minimum atomic E-state index is 0. The number of para-hydroxylation sites is 1. The summed E-state index contributed by atoms with van der Waals surface area (Å²) in [4.78, 5) is 14.6. The van der Waals surface area contributed by atoms with Gasteiger partial charge in [-0.1, -0.05) is 30.3 Å². The highest BCUT2D eigenvalue weighted by Gasteiger charge is 2.19. The third kappa shape index (κ3) is 8.05. The van der Waals surface area contributed by atoms with E-state index in [0.29, 0.717) is 18.8 Å². The molecule has 0 atom stereocenters. The van der Waals surface area contributed by atoms with E-state index >= 15 is 0 Å². The normalized spacial score (nSPS) is 14.3. The number of nitrogen functional groups attached to an aromatic ring is 1. The van der Waals surface area contributed by atoms with Crippen molar-refractivity contribution in [3.8, 4) is 5.75 Å². The summed E-state index contributed by atoms with van der Waals surface area (Å²) in [6.07, 6.45) is 3.44. The fourth-order valence-corrected chi connectivity index (χ4v) is 3.69. The summed E-state index contributed by atoms with van der Waals surface area (Å²) in [5.41, 5.74) is 9.06. The van der Waals surface area contributed by atoms with Gasteiger partial charge in [0.25, 0.3) is 0 Å². The van der Waals surface area contributed by atoms with Gasteiger partial charge in [-0.2, -0.15) is 0 Å². The Labute approximate surface area is 192 Å². The Balaban J connectivity index is 0.00000225. The zero-order chi connectivity index (χ0) is 19.8. The first-order valence-electron chi connectivity index (χ1n) is 10.1. The Morgan fingerprint density at radius 2 is 1.77 bits per heavy atom. The van der Waals surface area contributed by atoms with Gasteiger partial charge in [-0.25, -0.2) is 0 Å². The van der Waals surface area contributed by atoms with E-state index in [2.05, 4.69) is 22.3 Å². The number of ether oxygens (including phenoxy) is 1. The van der Waals surface area contributed by atoms with Crippen LogP contribution in [0.4, 0.5) is 5.69 Å². The van der Waals surface area contributed by atoms with Crippen molar-refractivity contribution in [3.63, 3.8) is 0 Å². The Hall–Kier alpha value is -1.95. The fraction of sp³-hybridized carbons (Fsp3) is 0.435. The zero-order valence-corrected chi connectivity index (χ0v) is 19.1. The maximum absolute atomic E-state index is 12.2. The molecule has 1 fully saturated rings. The molecule has 1 aliphatic heterocycles. The lowest BCUT2D eigenvalue weighted by Gasteiger charge is -2.32. The molecule has 7 heteroatoms. The molecule has 1 heterocycles. The molecular formula is C23H33Cl2N3O2. The molecule has 1 amide bonds. The summed E-state index contributed by atoms with van der Waals surface area (Å²) in [7, 11) is 1.69. The van der Waals surface area contributed by atoms with Gasteiger partial charge in [-0.05, 0) is 67.6 Å². The number of hydrogen-bond acceptors (Lipinski definition) is 4. The molecule has 166 valence electrons. The van der Waals surface area contributed by atoms with Crippen molar-refractivity contribution in [1.29, 1.82) is 0 Å². The van der Waals surface area contributed by atoms with Crippen LogP contribution in [0.5, 0.6) is 5.75 Å². The van der Waals surface area contributed by atoms with Gasteiger partial charge in [0, 0.05) is 25.2 Å². The van der Waals surface area contributed by atoms with Gasteiger partial charge in [-0.15, -0.1) is 24.8 Å². The lowest BCUT2D eigenvalue weighted by atomic mass is 9.96. The average Bonchev–Trinajstić information content (AvgIpc) is 2.73. The molecule has 3 N–H and O–H groups in total. The van der Waals surface area contributed by atoms with Gasteiger partial charge in [0.1, 0.15) is 5.75 Å². The monoisotopic (exact) mass is 453 g/mol. The van der Waals surface area contributed by atoms with Crippen LogP contribution >= 0.6 is 24.8 Å². The van der Waals surface area contributed by atoms with Crippen LogP contribution in [0.25, 0.3) is 0 Å².